The van der Waals surface area contributed by atoms with Gasteiger partial charge >= 0.3 is 0 Å². The van der Waals surface area contributed by atoms with Crippen LogP contribution in [0.4, 0.5) is 5.69 Å². The molecule has 3 rings (SSSR count). The number of rotatable bonds is 6. The van der Waals surface area contributed by atoms with Crippen LogP contribution in [0, 0.1) is 11.3 Å². The first-order chi connectivity index (χ1) is 14.0. The molecule has 0 aliphatic heterocycles. The van der Waals surface area contributed by atoms with Gasteiger partial charge in [-0.3, -0.25) is 9.59 Å². The average molecular weight is 444 g/mol. The third-order valence-electron chi connectivity index (χ3n) is 4.04. The van der Waals surface area contributed by atoms with Crippen molar-refractivity contribution in [2.75, 3.05) is 11.9 Å². The number of benzene rings is 1. The Morgan fingerprint density at radius 1 is 1.10 bits per heavy atom. The molecule has 2 N–H and O–H groups in total. The number of anilines is 1. The van der Waals surface area contributed by atoms with Gasteiger partial charge in [0.2, 0.25) is 11.6 Å². The highest BCUT2D eigenvalue weighted by Gasteiger charge is 2.33. The van der Waals surface area contributed by atoms with Crippen molar-refractivity contribution in [1.29, 1.82) is 5.26 Å². The van der Waals surface area contributed by atoms with E-state index in [0.29, 0.717) is 17.8 Å². The van der Waals surface area contributed by atoms with Crippen LogP contribution in [-0.2, 0) is 9.59 Å². The van der Waals surface area contributed by atoms with Crippen molar-refractivity contribution in [1.82, 2.24) is 5.32 Å². The molecule has 0 saturated carbocycles. The molecule has 1 aliphatic carbocycles. The molecule has 2 aromatic rings. The summed E-state index contributed by atoms with van der Waals surface area (Å²) in [6, 6.07) is 13.0. The van der Waals surface area contributed by atoms with Gasteiger partial charge in [-0.05, 0) is 42.1 Å². The van der Waals surface area contributed by atoms with Crippen LogP contribution in [0.1, 0.15) is 17.4 Å². The third-order valence-corrected chi connectivity index (χ3v) is 5.67. The lowest BCUT2D eigenvalue weighted by molar-refractivity contribution is -0.115. The second-order valence-corrected chi connectivity index (χ2v) is 7.66. The lowest BCUT2D eigenvalue weighted by Crippen LogP contribution is -2.31. The van der Waals surface area contributed by atoms with Gasteiger partial charge in [-0.15, -0.1) is 11.3 Å². The van der Waals surface area contributed by atoms with Crippen molar-refractivity contribution >= 4 is 63.4 Å². The first-order valence-corrected chi connectivity index (χ1v) is 10.2. The summed E-state index contributed by atoms with van der Waals surface area (Å²) in [5, 5.41) is 16.5. The van der Waals surface area contributed by atoms with Gasteiger partial charge in [0.1, 0.15) is 27.5 Å². The summed E-state index contributed by atoms with van der Waals surface area (Å²) in [4.78, 5) is 25.8. The highest BCUT2D eigenvalue weighted by atomic mass is 35.5. The van der Waals surface area contributed by atoms with E-state index in [9.17, 15) is 14.9 Å². The topological polar surface area (TPSA) is 82.0 Å². The number of likely N-dealkylation sites (N-methyl/N-ethyl adjacent to an activating group) is 1. The maximum Gasteiger partial charge on any atom is 0.224 e. The third kappa shape index (κ3) is 4.43. The number of thiophene rings is 1. The van der Waals surface area contributed by atoms with E-state index < -0.39 is 11.6 Å². The molecule has 0 amide bonds. The summed E-state index contributed by atoms with van der Waals surface area (Å²) in [7, 11) is 0. The van der Waals surface area contributed by atoms with Gasteiger partial charge in [-0.1, -0.05) is 41.4 Å². The second-order valence-electron chi connectivity index (χ2n) is 5.96. The number of carbonyl (C=O) groups excluding carboxylic acids is 2. The fourth-order valence-electron chi connectivity index (χ4n) is 2.66. The Morgan fingerprint density at radius 2 is 1.76 bits per heavy atom. The minimum Gasteiger partial charge on any atom is -0.381 e. The lowest BCUT2D eigenvalue weighted by atomic mass is 10.0. The Morgan fingerprint density at radius 3 is 2.34 bits per heavy atom. The highest BCUT2D eigenvalue weighted by Crippen LogP contribution is 2.29. The van der Waals surface area contributed by atoms with Crippen LogP contribution in [0.5, 0.6) is 0 Å². The summed E-state index contributed by atoms with van der Waals surface area (Å²) in [5.74, 6) is -1.09. The molecule has 0 radical (unpaired) electrons. The van der Waals surface area contributed by atoms with Crippen LogP contribution in [-0.4, -0.2) is 18.1 Å². The maximum absolute atomic E-state index is 12.5. The molecule has 0 unspecified atom stereocenters. The first-order valence-electron chi connectivity index (χ1n) is 8.61. The Labute approximate surface area is 181 Å². The molecule has 29 heavy (non-hydrogen) atoms. The van der Waals surface area contributed by atoms with Crippen molar-refractivity contribution < 1.29 is 9.59 Å². The summed E-state index contributed by atoms with van der Waals surface area (Å²) < 4.78 is 0. The Kier molecular flexibility index (Phi) is 6.55. The molecular formula is C21H15Cl2N3O2S. The van der Waals surface area contributed by atoms with Crippen LogP contribution in [0.3, 0.4) is 0 Å². The van der Waals surface area contributed by atoms with E-state index in [1.165, 1.54) is 11.3 Å². The molecule has 0 atom stereocenters. The predicted octanol–water partition coefficient (Wildman–Crippen LogP) is 4.89. The normalized spacial score (nSPS) is 14.9. The monoisotopic (exact) mass is 443 g/mol. The van der Waals surface area contributed by atoms with Crippen LogP contribution in [0.25, 0.3) is 11.6 Å². The van der Waals surface area contributed by atoms with Crippen LogP contribution < -0.4 is 10.6 Å². The standard InChI is InChI=1S/C21H15Cl2N3O2S/c1-2-25-18-16(22)21(28)19(17(23)20(18)27)26-14-7-5-12(6-8-14)10-13(11-24)15-4-3-9-29-15/h3-10,25-26H,2H2,1H3/b13-10+. The zero-order valence-corrected chi connectivity index (χ0v) is 17.6. The molecular weight excluding hydrogens is 429 g/mol. The molecule has 1 aromatic heterocycles. The van der Waals surface area contributed by atoms with E-state index in [1.54, 1.807) is 37.3 Å². The van der Waals surface area contributed by atoms with E-state index >= 15 is 0 Å². The molecule has 0 spiro atoms. The number of nitrogens with one attached hydrogen (secondary N) is 2. The van der Waals surface area contributed by atoms with Crippen molar-refractivity contribution in [3.8, 4) is 6.07 Å². The van der Waals surface area contributed by atoms with E-state index in [0.717, 1.165) is 10.4 Å². The maximum atomic E-state index is 12.5. The van der Waals surface area contributed by atoms with Gasteiger partial charge in [0.05, 0.1) is 5.57 Å². The summed E-state index contributed by atoms with van der Waals surface area (Å²) >= 11 is 13.7. The minimum absolute atomic E-state index is 0.00723. The number of nitriles is 1. The summed E-state index contributed by atoms with van der Waals surface area (Å²) in [6.07, 6.45) is 1.78. The molecule has 1 aliphatic rings. The van der Waals surface area contributed by atoms with Crippen LogP contribution >= 0.6 is 34.5 Å². The fraction of sp³-hybridized carbons (Fsp3) is 0.0952. The van der Waals surface area contributed by atoms with Crippen LogP contribution in [0.2, 0.25) is 0 Å². The quantitative estimate of drug-likeness (QED) is 0.490. The van der Waals surface area contributed by atoms with E-state index in [4.69, 9.17) is 23.2 Å². The summed E-state index contributed by atoms with van der Waals surface area (Å²) in [5.41, 5.74) is 1.88. The van der Waals surface area contributed by atoms with E-state index in [-0.39, 0.29) is 21.5 Å². The van der Waals surface area contributed by atoms with E-state index in [1.807, 2.05) is 17.5 Å². The van der Waals surface area contributed by atoms with Gasteiger partial charge in [0.25, 0.3) is 0 Å². The van der Waals surface area contributed by atoms with Gasteiger partial charge in [0, 0.05) is 17.1 Å². The molecule has 146 valence electrons. The van der Waals surface area contributed by atoms with Crippen molar-refractivity contribution in [3.63, 3.8) is 0 Å². The largest absolute Gasteiger partial charge is 0.381 e. The number of Topliss-reactive ketones (excluding diaryl/α,β-unsaturated/α-hetero) is 2. The van der Waals surface area contributed by atoms with Crippen LogP contribution in [0.15, 0.2) is 63.2 Å². The average Bonchev–Trinajstić information content (AvgIpc) is 3.27. The Balaban J connectivity index is 1.82. The van der Waals surface area contributed by atoms with E-state index in [2.05, 4.69) is 16.7 Å². The van der Waals surface area contributed by atoms with Crippen molar-refractivity contribution in [3.05, 3.63) is 73.7 Å². The molecule has 0 fully saturated rings. The van der Waals surface area contributed by atoms with Gasteiger partial charge in [-0.2, -0.15) is 5.26 Å². The van der Waals surface area contributed by atoms with Crippen molar-refractivity contribution in [2.45, 2.75) is 6.92 Å². The highest BCUT2D eigenvalue weighted by molar-refractivity contribution is 7.11. The smallest absolute Gasteiger partial charge is 0.224 e. The zero-order chi connectivity index (χ0) is 21.0. The molecule has 1 aromatic carbocycles. The predicted molar refractivity (Wildman–Crippen MR) is 117 cm³/mol. The van der Waals surface area contributed by atoms with Gasteiger partial charge in [-0.25, -0.2) is 0 Å². The van der Waals surface area contributed by atoms with Gasteiger partial charge in [0.15, 0.2) is 0 Å². The summed E-state index contributed by atoms with van der Waals surface area (Å²) in [6.45, 7) is 2.22. The first kappa shape index (κ1) is 20.9. The number of nitrogens with zero attached hydrogens (tertiary/aromatic N) is 1. The second kappa shape index (κ2) is 9.10. The fourth-order valence-corrected chi connectivity index (χ4v) is 3.82. The molecule has 1 heterocycles. The zero-order valence-electron chi connectivity index (χ0n) is 15.3. The molecule has 5 nitrogen and oxygen atoms in total. The number of hydrogen-bond donors (Lipinski definition) is 2. The van der Waals surface area contributed by atoms with Crippen molar-refractivity contribution in [2.24, 2.45) is 0 Å². The van der Waals surface area contributed by atoms with Gasteiger partial charge < -0.3 is 10.6 Å². The number of hydrogen-bond acceptors (Lipinski definition) is 6. The minimum atomic E-state index is -0.555. The number of ketones is 2. The Hall–Kier alpha value is -2.85. The Bertz CT molecular complexity index is 1090. The number of allylic oxidation sites excluding steroid dienone is 3. The molecule has 0 bridgehead atoms. The SMILES string of the molecule is CCNC1=C(Cl)C(=O)C(Nc2ccc(/C=C(\C#N)c3cccs3)cc2)=C(Cl)C1=O. The molecule has 0 saturated heterocycles. The lowest BCUT2D eigenvalue weighted by Gasteiger charge is -2.19. The number of carbonyl (C=O) groups is 2. The molecule has 8 heteroatoms. The number of halogens is 2.